The molecule has 3 heterocycles. The van der Waals surface area contributed by atoms with Crippen LogP contribution in [0.2, 0.25) is 0 Å². The van der Waals surface area contributed by atoms with E-state index in [0.29, 0.717) is 40.5 Å². The molecule has 2 aromatic heterocycles. The first kappa shape index (κ1) is 19.2. The van der Waals surface area contributed by atoms with Crippen LogP contribution in [-0.2, 0) is 9.53 Å². The van der Waals surface area contributed by atoms with Gasteiger partial charge in [0.25, 0.3) is 5.56 Å². The number of esters is 1. The van der Waals surface area contributed by atoms with E-state index in [2.05, 4.69) is 9.97 Å². The summed E-state index contributed by atoms with van der Waals surface area (Å²) in [6, 6.07) is 5.38. The quantitative estimate of drug-likeness (QED) is 0.521. The summed E-state index contributed by atoms with van der Waals surface area (Å²) in [5.41, 5.74) is 1.51. The van der Waals surface area contributed by atoms with Crippen LogP contribution in [0.25, 0.3) is 21.9 Å². The molecule has 0 saturated heterocycles. The highest BCUT2D eigenvalue weighted by atomic mass is 32.1. The lowest BCUT2D eigenvalue weighted by molar-refractivity contribution is -0.136. The molecular weight excluding hydrogens is 392 g/mol. The second-order valence-electron chi connectivity index (χ2n) is 6.56. The van der Waals surface area contributed by atoms with E-state index in [4.69, 9.17) is 14.2 Å². The Bertz CT molecular complexity index is 1190. The summed E-state index contributed by atoms with van der Waals surface area (Å²) in [5.74, 6) is 0.880. The zero-order chi connectivity index (χ0) is 20.5. The number of hydrogen-bond donors (Lipinski definition) is 1. The Balaban J connectivity index is 1.84. The predicted molar refractivity (Wildman–Crippen MR) is 112 cm³/mol. The number of H-pyrrole nitrogens is 1. The highest BCUT2D eigenvalue weighted by Crippen LogP contribution is 2.32. The summed E-state index contributed by atoms with van der Waals surface area (Å²) in [4.78, 5) is 34.2. The first-order valence-electron chi connectivity index (χ1n) is 9.26. The minimum atomic E-state index is -0.560. The van der Waals surface area contributed by atoms with Crippen LogP contribution >= 0.6 is 11.3 Å². The maximum Gasteiger partial charge on any atom is 0.341 e. The molecule has 0 atom stereocenters. The molecule has 1 aliphatic heterocycles. The van der Waals surface area contributed by atoms with Crippen molar-refractivity contribution in [1.82, 2.24) is 9.97 Å². The smallest absolute Gasteiger partial charge is 0.341 e. The van der Waals surface area contributed by atoms with Crippen LogP contribution in [0.1, 0.15) is 28.8 Å². The average Bonchev–Trinajstić information content (AvgIpc) is 3.00. The Morgan fingerprint density at radius 1 is 1.28 bits per heavy atom. The molecule has 0 fully saturated rings. The maximum absolute atomic E-state index is 12.7. The number of rotatable bonds is 4. The van der Waals surface area contributed by atoms with Crippen molar-refractivity contribution in [2.45, 2.75) is 20.8 Å². The van der Waals surface area contributed by atoms with Gasteiger partial charge in [0.05, 0.1) is 12.0 Å². The van der Waals surface area contributed by atoms with Crippen LogP contribution in [0, 0.1) is 13.8 Å². The Labute approximate surface area is 171 Å². The van der Waals surface area contributed by atoms with E-state index < -0.39 is 5.97 Å². The monoisotopic (exact) mass is 412 g/mol. The number of carbonyl (C=O) groups excluding carboxylic acids is 1. The lowest BCUT2D eigenvalue weighted by Gasteiger charge is -2.18. The van der Waals surface area contributed by atoms with Crippen molar-refractivity contribution in [2.24, 2.45) is 0 Å². The Hall–Kier alpha value is -3.13. The van der Waals surface area contributed by atoms with E-state index >= 15 is 0 Å². The molecule has 8 heteroatoms. The number of aromatic nitrogens is 2. The predicted octanol–water partition coefficient (Wildman–Crippen LogP) is 3.48. The van der Waals surface area contributed by atoms with Crippen molar-refractivity contribution in [3.05, 3.63) is 50.4 Å². The van der Waals surface area contributed by atoms with Crippen LogP contribution in [0.3, 0.4) is 0 Å². The highest BCUT2D eigenvalue weighted by molar-refractivity contribution is 7.18. The Morgan fingerprint density at radius 2 is 2.03 bits per heavy atom. The van der Waals surface area contributed by atoms with E-state index in [-0.39, 0.29) is 23.6 Å². The average molecular weight is 412 g/mol. The van der Waals surface area contributed by atoms with Gasteiger partial charge in [0.2, 0.25) is 0 Å². The number of hydrogen-bond acceptors (Lipinski definition) is 7. The van der Waals surface area contributed by atoms with Crippen LogP contribution in [0.15, 0.2) is 23.0 Å². The van der Waals surface area contributed by atoms with Crippen molar-refractivity contribution in [1.29, 1.82) is 0 Å². The third-order valence-corrected chi connectivity index (χ3v) is 5.77. The molecule has 0 bridgehead atoms. The first-order chi connectivity index (χ1) is 14.0. The largest absolute Gasteiger partial charge is 0.486 e. The van der Waals surface area contributed by atoms with Gasteiger partial charge in [0.15, 0.2) is 11.5 Å². The molecule has 150 valence electrons. The molecule has 0 radical (unpaired) electrons. The summed E-state index contributed by atoms with van der Waals surface area (Å²) in [6.07, 6.45) is 1.63. The molecule has 29 heavy (non-hydrogen) atoms. The standard InChI is InChI=1S/C21H20N2O5S/c1-4-26-21(25)14(9-13-5-6-15-16(10-13)28-8-7-27-15)18-22-19(24)17-11(2)12(3)29-20(17)23-18/h5-6,9-10H,4,7-8H2,1-3H3,(H,22,23,24). The van der Waals surface area contributed by atoms with Crippen LogP contribution in [0.4, 0.5) is 0 Å². The molecule has 3 aromatic rings. The number of nitrogens with one attached hydrogen (secondary N) is 1. The second kappa shape index (κ2) is 7.71. The van der Waals surface area contributed by atoms with Crippen LogP contribution < -0.4 is 15.0 Å². The molecule has 0 unspecified atom stereocenters. The van der Waals surface area contributed by atoms with Gasteiger partial charge in [-0.1, -0.05) is 6.07 Å². The second-order valence-corrected chi connectivity index (χ2v) is 7.76. The number of nitrogens with zero attached hydrogens (tertiary/aromatic N) is 1. The zero-order valence-electron chi connectivity index (χ0n) is 16.3. The topological polar surface area (TPSA) is 90.5 Å². The van der Waals surface area contributed by atoms with Crippen molar-refractivity contribution < 1.29 is 19.0 Å². The Morgan fingerprint density at radius 3 is 2.79 bits per heavy atom. The molecule has 0 amide bonds. The number of fused-ring (bicyclic) bond motifs is 2. The number of aryl methyl sites for hydroxylation is 2. The summed E-state index contributed by atoms with van der Waals surface area (Å²) >= 11 is 1.43. The van der Waals surface area contributed by atoms with Gasteiger partial charge in [0.1, 0.15) is 29.4 Å². The van der Waals surface area contributed by atoms with Gasteiger partial charge < -0.3 is 19.2 Å². The van der Waals surface area contributed by atoms with Crippen molar-refractivity contribution in [3.63, 3.8) is 0 Å². The third-order valence-electron chi connectivity index (χ3n) is 4.67. The normalized spacial score (nSPS) is 13.6. The number of benzene rings is 1. The molecular formula is C21H20N2O5S. The lowest BCUT2D eigenvalue weighted by Crippen LogP contribution is -2.16. The van der Waals surface area contributed by atoms with Gasteiger partial charge in [0, 0.05) is 4.88 Å². The lowest BCUT2D eigenvalue weighted by atomic mass is 10.1. The van der Waals surface area contributed by atoms with Gasteiger partial charge in [-0.05, 0) is 50.1 Å². The fourth-order valence-corrected chi connectivity index (χ4v) is 4.16. The van der Waals surface area contributed by atoms with Crippen molar-refractivity contribution in [2.75, 3.05) is 19.8 Å². The molecule has 7 nitrogen and oxygen atoms in total. The molecule has 0 aliphatic carbocycles. The fraction of sp³-hybridized carbons (Fsp3) is 0.286. The molecule has 0 spiro atoms. The van der Waals surface area contributed by atoms with Crippen molar-refractivity contribution in [3.8, 4) is 11.5 Å². The molecule has 1 N–H and O–H groups in total. The number of thiophene rings is 1. The summed E-state index contributed by atoms with van der Waals surface area (Å²) in [7, 11) is 0. The summed E-state index contributed by atoms with van der Waals surface area (Å²) in [6.45, 7) is 6.74. The summed E-state index contributed by atoms with van der Waals surface area (Å²) < 4.78 is 16.3. The van der Waals surface area contributed by atoms with E-state index in [0.717, 1.165) is 10.4 Å². The maximum atomic E-state index is 12.7. The van der Waals surface area contributed by atoms with Gasteiger partial charge in [-0.15, -0.1) is 11.3 Å². The van der Waals surface area contributed by atoms with Gasteiger partial charge in [-0.2, -0.15) is 0 Å². The first-order valence-corrected chi connectivity index (χ1v) is 10.1. The summed E-state index contributed by atoms with van der Waals surface area (Å²) in [5, 5.41) is 0.554. The number of carbonyl (C=O) groups is 1. The third kappa shape index (κ3) is 3.63. The zero-order valence-corrected chi connectivity index (χ0v) is 17.1. The van der Waals surface area contributed by atoms with E-state index in [1.165, 1.54) is 11.3 Å². The van der Waals surface area contributed by atoms with Gasteiger partial charge in [-0.3, -0.25) is 4.79 Å². The van der Waals surface area contributed by atoms with E-state index in [1.807, 2.05) is 19.9 Å². The van der Waals surface area contributed by atoms with E-state index in [1.54, 1.807) is 25.1 Å². The molecule has 1 aliphatic rings. The molecule has 4 rings (SSSR count). The molecule has 0 saturated carbocycles. The molecule has 1 aromatic carbocycles. The SMILES string of the molecule is CCOC(=O)C(=Cc1ccc2c(c1)OCCO2)c1nc2sc(C)c(C)c2c(=O)[nH]1. The van der Waals surface area contributed by atoms with Gasteiger partial charge in [-0.25, -0.2) is 9.78 Å². The van der Waals surface area contributed by atoms with Crippen LogP contribution in [0.5, 0.6) is 11.5 Å². The van der Waals surface area contributed by atoms with Crippen LogP contribution in [-0.4, -0.2) is 35.8 Å². The number of aromatic amines is 1. The Kier molecular flexibility index (Phi) is 5.10. The number of ether oxygens (including phenoxy) is 3. The highest BCUT2D eigenvalue weighted by Gasteiger charge is 2.20. The minimum absolute atomic E-state index is 0.172. The van der Waals surface area contributed by atoms with E-state index in [9.17, 15) is 9.59 Å². The van der Waals surface area contributed by atoms with Crippen molar-refractivity contribution >= 4 is 39.2 Å². The minimum Gasteiger partial charge on any atom is -0.486 e. The fourth-order valence-electron chi connectivity index (χ4n) is 3.13. The van der Waals surface area contributed by atoms with Gasteiger partial charge >= 0.3 is 5.97 Å².